The normalized spacial score (nSPS) is 10.7. The fourth-order valence-electron chi connectivity index (χ4n) is 0.928. The van der Waals surface area contributed by atoms with E-state index in [1.807, 2.05) is 0 Å². The van der Waals surface area contributed by atoms with E-state index in [4.69, 9.17) is 5.11 Å². The highest BCUT2D eigenvalue weighted by molar-refractivity contribution is 5.82. The Bertz CT molecular complexity index is 293. The third kappa shape index (κ3) is 2.85. The summed E-state index contributed by atoms with van der Waals surface area (Å²) in [6, 6.07) is 0. The number of H-pyrrole nitrogens is 1. The highest BCUT2D eigenvalue weighted by Crippen LogP contribution is 2.04. The molecule has 0 aliphatic heterocycles. The maximum atomic E-state index is 10.4. The second kappa shape index (κ2) is 4.02. The molecule has 5 nitrogen and oxygen atoms in total. The molecule has 0 aromatic carbocycles. The smallest absolute Gasteiger partial charge is 0.375 e. The van der Waals surface area contributed by atoms with Gasteiger partial charge in [0, 0.05) is 6.42 Å². The summed E-state index contributed by atoms with van der Waals surface area (Å²) in [5.41, 5.74) is 0. The Morgan fingerprint density at radius 1 is 1.62 bits per heavy atom. The van der Waals surface area contributed by atoms with E-state index in [0.29, 0.717) is 11.7 Å². The van der Waals surface area contributed by atoms with E-state index in [1.54, 1.807) is 0 Å². The number of hydrogen-bond donors (Lipinski definition) is 2. The van der Waals surface area contributed by atoms with Crippen molar-refractivity contribution in [3.63, 3.8) is 0 Å². The van der Waals surface area contributed by atoms with Crippen LogP contribution in [0.15, 0.2) is 0 Å². The molecule has 0 spiro atoms. The number of carboxylic acid groups (broad SMARTS) is 1. The van der Waals surface area contributed by atoms with Gasteiger partial charge in [-0.2, -0.15) is 0 Å². The van der Waals surface area contributed by atoms with Gasteiger partial charge in [0.15, 0.2) is 0 Å². The average Bonchev–Trinajstić information content (AvgIpc) is 2.48. The molecular weight excluding hydrogens is 170 g/mol. The van der Waals surface area contributed by atoms with E-state index in [1.165, 1.54) is 0 Å². The second-order valence-electron chi connectivity index (χ2n) is 3.34. The number of carboxylic acids is 1. The molecule has 0 bridgehead atoms. The number of aromatic carboxylic acids is 1. The summed E-state index contributed by atoms with van der Waals surface area (Å²) in [7, 11) is 0. The molecule has 0 atom stereocenters. The van der Waals surface area contributed by atoms with Crippen LogP contribution in [0.5, 0.6) is 0 Å². The maximum Gasteiger partial charge on any atom is 0.375 e. The molecule has 1 aromatic heterocycles. The predicted molar refractivity (Wildman–Crippen MR) is 46.5 cm³/mol. The molecule has 0 aliphatic rings. The van der Waals surface area contributed by atoms with E-state index in [0.717, 1.165) is 12.8 Å². The zero-order valence-electron chi connectivity index (χ0n) is 7.74. The lowest BCUT2D eigenvalue weighted by atomic mass is 10.1. The number of aromatic nitrogens is 3. The SMILES string of the molecule is CC(C)CCc1nc(C(=O)O)n[nH]1. The molecule has 72 valence electrons. The van der Waals surface area contributed by atoms with E-state index in [9.17, 15) is 4.79 Å². The minimum absolute atomic E-state index is 0.154. The van der Waals surface area contributed by atoms with Gasteiger partial charge < -0.3 is 5.11 Å². The monoisotopic (exact) mass is 183 g/mol. The van der Waals surface area contributed by atoms with Crippen LogP contribution in [-0.2, 0) is 6.42 Å². The van der Waals surface area contributed by atoms with E-state index in [-0.39, 0.29) is 5.82 Å². The standard InChI is InChI=1S/C8H13N3O2/c1-5(2)3-4-6-9-7(8(12)13)11-10-6/h5H,3-4H2,1-2H3,(H,12,13)(H,9,10,11). The summed E-state index contributed by atoms with van der Waals surface area (Å²) in [6.07, 6.45) is 1.73. The molecule has 0 saturated carbocycles. The Hall–Kier alpha value is -1.39. The lowest BCUT2D eigenvalue weighted by Crippen LogP contribution is -1.99. The third-order valence-electron chi connectivity index (χ3n) is 1.68. The summed E-state index contributed by atoms with van der Waals surface area (Å²) in [6.45, 7) is 4.21. The zero-order valence-corrected chi connectivity index (χ0v) is 7.74. The van der Waals surface area contributed by atoms with Crippen molar-refractivity contribution in [1.29, 1.82) is 0 Å². The van der Waals surface area contributed by atoms with Gasteiger partial charge in [-0.25, -0.2) is 9.78 Å². The lowest BCUT2D eigenvalue weighted by Gasteiger charge is -1.99. The molecule has 2 N–H and O–H groups in total. The number of aromatic amines is 1. The first-order valence-corrected chi connectivity index (χ1v) is 4.24. The Morgan fingerprint density at radius 3 is 2.77 bits per heavy atom. The van der Waals surface area contributed by atoms with Crippen LogP contribution in [0.25, 0.3) is 0 Å². The largest absolute Gasteiger partial charge is 0.475 e. The first kappa shape index (κ1) is 9.70. The van der Waals surface area contributed by atoms with Crippen LogP contribution in [0.2, 0.25) is 0 Å². The minimum atomic E-state index is -1.09. The van der Waals surface area contributed by atoms with Crippen molar-refractivity contribution in [2.75, 3.05) is 0 Å². The maximum absolute atomic E-state index is 10.4. The Labute approximate surface area is 76.2 Å². The van der Waals surface area contributed by atoms with Crippen LogP contribution in [0.4, 0.5) is 0 Å². The molecule has 0 saturated heterocycles. The van der Waals surface area contributed by atoms with Gasteiger partial charge in [-0.15, -0.1) is 5.10 Å². The fourth-order valence-corrected chi connectivity index (χ4v) is 0.928. The predicted octanol–water partition coefficient (Wildman–Crippen LogP) is 1.09. The van der Waals surface area contributed by atoms with Crippen molar-refractivity contribution in [3.8, 4) is 0 Å². The summed E-state index contributed by atoms with van der Waals surface area (Å²) >= 11 is 0. The van der Waals surface area contributed by atoms with Crippen LogP contribution < -0.4 is 0 Å². The summed E-state index contributed by atoms with van der Waals surface area (Å²) in [4.78, 5) is 14.2. The topological polar surface area (TPSA) is 78.9 Å². The van der Waals surface area contributed by atoms with Gasteiger partial charge in [0.2, 0.25) is 0 Å². The van der Waals surface area contributed by atoms with E-state index in [2.05, 4.69) is 29.0 Å². The highest BCUT2D eigenvalue weighted by atomic mass is 16.4. The van der Waals surface area contributed by atoms with Gasteiger partial charge in [0.25, 0.3) is 5.82 Å². The minimum Gasteiger partial charge on any atom is -0.475 e. The third-order valence-corrected chi connectivity index (χ3v) is 1.68. The van der Waals surface area contributed by atoms with Gasteiger partial charge in [-0.3, -0.25) is 5.10 Å². The average molecular weight is 183 g/mol. The number of carbonyl (C=O) groups is 1. The highest BCUT2D eigenvalue weighted by Gasteiger charge is 2.09. The van der Waals surface area contributed by atoms with Gasteiger partial charge >= 0.3 is 5.97 Å². The number of nitrogens with one attached hydrogen (secondary N) is 1. The number of nitrogens with zero attached hydrogens (tertiary/aromatic N) is 2. The van der Waals surface area contributed by atoms with Gasteiger partial charge in [0.05, 0.1) is 0 Å². The quantitative estimate of drug-likeness (QED) is 0.732. The molecule has 1 aromatic rings. The Balaban J connectivity index is 2.54. The molecule has 0 radical (unpaired) electrons. The van der Waals surface area contributed by atoms with Crippen molar-refractivity contribution < 1.29 is 9.90 Å². The first-order valence-electron chi connectivity index (χ1n) is 4.24. The van der Waals surface area contributed by atoms with Gasteiger partial charge in [-0.1, -0.05) is 13.8 Å². The first-order chi connectivity index (χ1) is 6.09. The molecule has 13 heavy (non-hydrogen) atoms. The molecule has 0 amide bonds. The number of rotatable bonds is 4. The number of hydrogen-bond acceptors (Lipinski definition) is 3. The lowest BCUT2D eigenvalue weighted by molar-refractivity contribution is 0.0684. The molecular formula is C8H13N3O2. The van der Waals surface area contributed by atoms with Gasteiger partial charge in [-0.05, 0) is 12.3 Å². The van der Waals surface area contributed by atoms with Crippen molar-refractivity contribution in [1.82, 2.24) is 15.2 Å². The van der Waals surface area contributed by atoms with Crippen LogP contribution in [0.3, 0.4) is 0 Å². The van der Waals surface area contributed by atoms with E-state index < -0.39 is 5.97 Å². The van der Waals surface area contributed by atoms with Crippen LogP contribution in [-0.4, -0.2) is 26.3 Å². The Kier molecular flexibility index (Phi) is 3.00. The summed E-state index contributed by atoms with van der Waals surface area (Å²) in [5, 5.41) is 14.7. The van der Waals surface area contributed by atoms with Crippen molar-refractivity contribution in [3.05, 3.63) is 11.6 Å². The molecule has 0 unspecified atom stereocenters. The van der Waals surface area contributed by atoms with Gasteiger partial charge in [0.1, 0.15) is 5.82 Å². The second-order valence-corrected chi connectivity index (χ2v) is 3.34. The molecule has 0 aliphatic carbocycles. The van der Waals surface area contributed by atoms with Crippen LogP contribution >= 0.6 is 0 Å². The zero-order chi connectivity index (χ0) is 9.84. The molecule has 1 rings (SSSR count). The van der Waals surface area contributed by atoms with Crippen molar-refractivity contribution in [2.45, 2.75) is 26.7 Å². The molecule has 0 fully saturated rings. The fraction of sp³-hybridized carbons (Fsp3) is 0.625. The summed E-state index contributed by atoms with van der Waals surface area (Å²) in [5.74, 6) is -0.0183. The molecule has 1 heterocycles. The van der Waals surface area contributed by atoms with Crippen LogP contribution in [0.1, 0.15) is 36.7 Å². The van der Waals surface area contributed by atoms with Crippen molar-refractivity contribution >= 4 is 5.97 Å². The number of aryl methyl sites for hydroxylation is 1. The van der Waals surface area contributed by atoms with Crippen LogP contribution in [0, 0.1) is 5.92 Å². The van der Waals surface area contributed by atoms with E-state index >= 15 is 0 Å². The Morgan fingerprint density at radius 2 is 2.31 bits per heavy atom. The summed E-state index contributed by atoms with van der Waals surface area (Å²) < 4.78 is 0. The molecule has 5 heteroatoms. The van der Waals surface area contributed by atoms with Crippen molar-refractivity contribution in [2.24, 2.45) is 5.92 Å².